The van der Waals surface area contributed by atoms with Crippen LogP contribution in [-0.2, 0) is 0 Å². The van der Waals surface area contributed by atoms with Crippen LogP contribution in [0.5, 0.6) is 0 Å². The molecule has 2 aliphatic heterocycles. The summed E-state index contributed by atoms with van der Waals surface area (Å²) in [6.45, 7) is 8.44. The molecule has 1 atom stereocenters. The second-order valence-electron chi connectivity index (χ2n) is 4.65. The fourth-order valence-corrected chi connectivity index (χ4v) is 2.86. The second-order valence-corrected chi connectivity index (χ2v) is 4.65. The van der Waals surface area contributed by atoms with Gasteiger partial charge in [-0.05, 0) is 25.2 Å². The van der Waals surface area contributed by atoms with Crippen LogP contribution in [0.2, 0.25) is 0 Å². The molecule has 0 aromatic rings. The third kappa shape index (κ3) is 1.27. The largest absolute Gasteiger partial charge is 0.298 e. The van der Waals surface area contributed by atoms with Crippen molar-refractivity contribution in [2.45, 2.75) is 38.8 Å². The molecular weight excluding hydrogens is 148 g/mol. The number of hydrogen-bond acceptors (Lipinski definition) is 2. The standard InChI is InChI=1S/C10H20N2/c1-9(2)8-10-4-3-6-12(10)7-5-11-10/h9,11H,3-8H2,1-2H3. The van der Waals surface area contributed by atoms with Gasteiger partial charge in [0.2, 0.25) is 0 Å². The Bertz CT molecular complexity index is 155. The third-order valence-corrected chi connectivity index (χ3v) is 3.21. The molecule has 2 rings (SSSR count). The van der Waals surface area contributed by atoms with E-state index in [0.717, 1.165) is 5.92 Å². The summed E-state index contributed by atoms with van der Waals surface area (Å²) in [7, 11) is 0. The van der Waals surface area contributed by atoms with E-state index < -0.39 is 0 Å². The van der Waals surface area contributed by atoms with Gasteiger partial charge in [-0.15, -0.1) is 0 Å². The molecule has 1 N–H and O–H groups in total. The van der Waals surface area contributed by atoms with Gasteiger partial charge in [0, 0.05) is 19.6 Å². The monoisotopic (exact) mass is 168 g/mol. The zero-order valence-corrected chi connectivity index (χ0v) is 8.27. The summed E-state index contributed by atoms with van der Waals surface area (Å²) in [4.78, 5) is 2.65. The maximum atomic E-state index is 3.69. The molecule has 2 heterocycles. The van der Waals surface area contributed by atoms with Crippen LogP contribution in [0.1, 0.15) is 33.1 Å². The summed E-state index contributed by atoms with van der Waals surface area (Å²) >= 11 is 0. The lowest BCUT2D eigenvalue weighted by molar-refractivity contribution is 0.142. The van der Waals surface area contributed by atoms with Crippen LogP contribution in [0, 0.1) is 5.92 Å². The molecule has 0 amide bonds. The molecule has 0 radical (unpaired) electrons. The summed E-state index contributed by atoms with van der Waals surface area (Å²) in [6, 6.07) is 0. The summed E-state index contributed by atoms with van der Waals surface area (Å²) in [5.41, 5.74) is 0.411. The molecule has 0 saturated carbocycles. The summed E-state index contributed by atoms with van der Waals surface area (Å²) in [5.74, 6) is 0.816. The minimum atomic E-state index is 0.411. The van der Waals surface area contributed by atoms with Crippen LogP contribution in [0.3, 0.4) is 0 Å². The first-order valence-corrected chi connectivity index (χ1v) is 5.23. The van der Waals surface area contributed by atoms with Crippen LogP contribution in [0.15, 0.2) is 0 Å². The van der Waals surface area contributed by atoms with Crippen molar-refractivity contribution in [1.29, 1.82) is 0 Å². The van der Waals surface area contributed by atoms with E-state index >= 15 is 0 Å². The minimum Gasteiger partial charge on any atom is -0.298 e. The van der Waals surface area contributed by atoms with E-state index in [9.17, 15) is 0 Å². The predicted octanol–water partition coefficient (Wildman–Crippen LogP) is 1.43. The van der Waals surface area contributed by atoms with E-state index in [1.165, 1.54) is 38.9 Å². The fraction of sp³-hybridized carbons (Fsp3) is 1.00. The van der Waals surface area contributed by atoms with Gasteiger partial charge in [-0.1, -0.05) is 13.8 Å². The summed E-state index contributed by atoms with van der Waals surface area (Å²) in [5, 5.41) is 3.69. The molecule has 0 aromatic carbocycles. The van der Waals surface area contributed by atoms with Gasteiger partial charge in [-0.3, -0.25) is 10.2 Å². The predicted molar refractivity (Wildman–Crippen MR) is 51.0 cm³/mol. The highest BCUT2D eigenvalue weighted by Crippen LogP contribution is 2.34. The van der Waals surface area contributed by atoms with E-state index in [0.29, 0.717) is 5.66 Å². The van der Waals surface area contributed by atoms with E-state index in [1.807, 2.05) is 0 Å². The molecule has 70 valence electrons. The maximum Gasteiger partial charge on any atom is 0.0716 e. The van der Waals surface area contributed by atoms with Crippen molar-refractivity contribution in [3.8, 4) is 0 Å². The summed E-state index contributed by atoms with van der Waals surface area (Å²) in [6.07, 6.45) is 4.08. The maximum absolute atomic E-state index is 3.69. The molecular formula is C10H20N2. The minimum absolute atomic E-state index is 0.411. The SMILES string of the molecule is CC(C)CC12CCCN1CCN2. The van der Waals surface area contributed by atoms with Crippen LogP contribution in [0.4, 0.5) is 0 Å². The normalized spacial score (nSPS) is 36.2. The van der Waals surface area contributed by atoms with Gasteiger partial charge in [0.1, 0.15) is 0 Å². The van der Waals surface area contributed by atoms with Crippen LogP contribution in [-0.4, -0.2) is 30.2 Å². The molecule has 2 nitrogen and oxygen atoms in total. The summed E-state index contributed by atoms with van der Waals surface area (Å²) < 4.78 is 0. The van der Waals surface area contributed by atoms with Gasteiger partial charge in [0.05, 0.1) is 5.66 Å². The first kappa shape index (κ1) is 8.52. The number of nitrogens with one attached hydrogen (secondary N) is 1. The molecule has 2 saturated heterocycles. The van der Waals surface area contributed by atoms with Crippen molar-refractivity contribution >= 4 is 0 Å². The Morgan fingerprint density at radius 2 is 2.25 bits per heavy atom. The highest BCUT2D eigenvalue weighted by atomic mass is 15.4. The highest BCUT2D eigenvalue weighted by Gasteiger charge is 2.43. The smallest absolute Gasteiger partial charge is 0.0716 e. The molecule has 1 unspecified atom stereocenters. The first-order valence-electron chi connectivity index (χ1n) is 5.23. The first-order chi connectivity index (χ1) is 5.73. The average Bonchev–Trinajstić information content (AvgIpc) is 2.42. The van der Waals surface area contributed by atoms with Gasteiger partial charge >= 0.3 is 0 Å². The molecule has 2 aliphatic rings. The molecule has 12 heavy (non-hydrogen) atoms. The van der Waals surface area contributed by atoms with Gasteiger partial charge < -0.3 is 0 Å². The topological polar surface area (TPSA) is 15.3 Å². The molecule has 2 fully saturated rings. The Morgan fingerprint density at radius 1 is 1.42 bits per heavy atom. The Labute approximate surface area is 75.3 Å². The second kappa shape index (κ2) is 3.00. The van der Waals surface area contributed by atoms with Crippen molar-refractivity contribution in [3.05, 3.63) is 0 Å². The third-order valence-electron chi connectivity index (χ3n) is 3.21. The lowest BCUT2D eigenvalue weighted by Gasteiger charge is -2.33. The quantitative estimate of drug-likeness (QED) is 0.671. The fourth-order valence-electron chi connectivity index (χ4n) is 2.86. The highest BCUT2D eigenvalue weighted by molar-refractivity contribution is 4.98. The molecule has 0 bridgehead atoms. The molecule has 0 aliphatic carbocycles. The Hall–Kier alpha value is -0.0800. The molecule has 0 aromatic heterocycles. The van der Waals surface area contributed by atoms with Gasteiger partial charge in [0.15, 0.2) is 0 Å². The zero-order chi connectivity index (χ0) is 8.60. The Kier molecular flexibility index (Phi) is 2.13. The van der Waals surface area contributed by atoms with Crippen LogP contribution < -0.4 is 5.32 Å². The number of nitrogens with zero attached hydrogens (tertiary/aromatic N) is 1. The van der Waals surface area contributed by atoms with Crippen molar-refractivity contribution < 1.29 is 0 Å². The lowest BCUT2D eigenvalue weighted by Crippen LogP contribution is -2.47. The van der Waals surface area contributed by atoms with Crippen molar-refractivity contribution in [3.63, 3.8) is 0 Å². The molecule has 2 heteroatoms. The number of fused-ring (bicyclic) bond motifs is 1. The molecule has 0 spiro atoms. The number of hydrogen-bond donors (Lipinski definition) is 1. The van der Waals surface area contributed by atoms with Crippen LogP contribution >= 0.6 is 0 Å². The van der Waals surface area contributed by atoms with E-state index in [4.69, 9.17) is 0 Å². The van der Waals surface area contributed by atoms with Crippen molar-refractivity contribution in [2.75, 3.05) is 19.6 Å². The van der Waals surface area contributed by atoms with E-state index in [2.05, 4.69) is 24.1 Å². The Morgan fingerprint density at radius 3 is 3.00 bits per heavy atom. The number of rotatable bonds is 2. The average molecular weight is 168 g/mol. The van der Waals surface area contributed by atoms with E-state index in [1.54, 1.807) is 0 Å². The van der Waals surface area contributed by atoms with Gasteiger partial charge in [-0.25, -0.2) is 0 Å². The van der Waals surface area contributed by atoms with Crippen molar-refractivity contribution in [1.82, 2.24) is 10.2 Å². The lowest BCUT2D eigenvalue weighted by atomic mass is 9.96. The van der Waals surface area contributed by atoms with Crippen LogP contribution in [0.25, 0.3) is 0 Å². The van der Waals surface area contributed by atoms with Gasteiger partial charge in [-0.2, -0.15) is 0 Å². The van der Waals surface area contributed by atoms with E-state index in [-0.39, 0.29) is 0 Å². The Balaban J connectivity index is 2.06. The van der Waals surface area contributed by atoms with Gasteiger partial charge in [0.25, 0.3) is 0 Å². The van der Waals surface area contributed by atoms with Crippen molar-refractivity contribution in [2.24, 2.45) is 5.92 Å². The zero-order valence-electron chi connectivity index (χ0n) is 8.27.